The van der Waals surface area contributed by atoms with Gasteiger partial charge in [-0.25, -0.2) is 4.98 Å². The average Bonchev–Trinajstić information content (AvgIpc) is 2.63. The topological polar surface area (TPSA) is 16.1 Å². The van der Waals surface area contributed by atoms with Crippen molar-refractivity contribution in [3.8, 4) is 0 Å². The molecule has 1 aliphatic rings. The predicted octanol–water partition coefficient (Wildman–Crippen LogP) is 3.79. The molecule has 0 bridgehead atoms. The summed E-state index contributed by atoms with van der Waals surface area (Å²) in [6.07, 6.45) is -0.125. The lowest BCUT2D eigenvalue weighted by molar-refractivity contribution is -0.134. The molecule has 1 saturated heterocycles. The number of hydrogen-bond donors (Lipinski definition) is 0. The Morgan fingerprint density at radius 2 is 2.12 bits per heavy atom. The van der Waals surface area contributed by atoms with Crippen molar-refractivity contribution < 1.29 is 13.2 Å². The molecule has 1 aromatic rings. The molecule has 2 heterocycles. The molecule has 0 saturated carbocycles. The molecule has 0 radical (unpaired) electrons. The second-order valence-electron chi connectivity index (χ2n) is 4.53. The smallest absolute Gasteiger partial charge is 0.348 e. The lowest BCUT2D eigenvalue weighted by atomic mass is 10.0. The maximum Gasteiger partial charge on any atom is 0.427 e. The van der Waals surface area contributed by atoms with Crippen LogP contribution in [0.1, 0.15) is 31.1 Å². The van der Waals surface area contributed by atoms with Crippen LogP contribution in [0.25, 0.3) is 0 Å². The fourth-order valence-corrected chi connectivity index (χ4v) is 2.83. The Balaban J connectivity index is 2.09. The summed E-state index contributed by atoms with van der Waals surface area (Å²) >= 11 is 0.747. The minimum Gasteiger partial charge on any atom is -0.348 e. The van der Waals surface area contributed by atoms with Gasteiger partial charge in [0.2, 0.25) is 0 Å². The molecule has 1 aromatic heterocycles. The zero-order valence-electron chi connectivity index (χ0n) is 9.63. The number of rotatable bonds is 1. The van der Waals surface area contributed by atoms with E-state index in [2.05, 4.69) is 11.9 Å². The van der Waals surface area contributed by atoms with Gasteiger partial charge in [0.15, 0.2) is 5.13 Å². The SMILES string of the molecule is CC1CCCN(c2ncc(C(F)(F)F)s2)CC1. The lowest BCUT2D eigenvalue weighted by Gasteiger charge is -2.18. The third kappa shape index (κ3) is 3.12. The largest absolute Gasteiger partial charge is 0.427 e. The number of nitrogens with zero attached hydrogens (tertiary/aromatic N) is 2. The zero-order valence-corrected chi connectivity index (χ0v) is 10.4. The quantitative estimate of drug-likeness (QED) is 0.767. The zero-order chi connectivity index (χ0) is 12.5. The van der Waals surface area contributed by atoms with Gasteiger partial charge in [0.05, 0.1) is 6.20 Å². The van der Waals surface area contributed by atoms with E-state index < -0.39 is 11.1 Å². The highest BCUT2D eigenvalue weighted by Crippen LogP contribution is 2.36. The first kappa shape index (κ1) is 12.7. The Labute approximate surface area is 102 Å². The van der Waals surface area contributed by atoms with Gasteiger partial charge in [-0.2, -0.15) is 13.2 Å². The molecule has 1 unspecified atom stereocenters. The molecule has 17 heavy (non-hydrogen) atoms. The molecular formula is C11H15F3N2S. The molecule has 0 N–H and O–H groups in total. The second kappa shape index (κ2) is 4.84. The van der Waals surface area contributed by atoms with Crippen molar-refractivity contribution in [1.82, 2.24) is 4.98 Å². The summed E-state index contributed by atoms with van der Waals surface area (Å²) in [6.45, 7) is 3.81. The highest BCUT2D eigenvalue weighted by atomic mass is 32.1. The van der Waals surface area contributed by atoms with Gasteiger partial charge in [0, 0.05) is 13.1 Å². The van der Waals surface area contributed by atoms with E-state index >= 15 is 0 Å². The van der Waals surface area contributed by atoms with E-state index in [1.807, 2.05) is 4.90 Å². The molecule has 0 aliphatic carbocycles. The van der Waals surface area contributed by atoms with Crippen molar-refractivity contribution in [1.29, 1.82) is 0 Å². The summed E-state index contributed by atoms with van der Waals surface area (Å²) in [6, 6.07) is 0. The first-order valence-electron chi connectivity index (χ1n) is 5.75. The van der Waals surface area contributed by atoms with Crippen LogP contribution in [-0.2, 0) is 6.18 Å². The highest BCUT2D eigenvalue weighted by Gasteiger charge is 2.34. The van der Waals surface area contributed by atoms with Gasteiger partial charge < -0.3 is 4.90 Å². The number of anilines is 1. The fourth-order valence-electron chi connectivity index (χ4n) is 2.00. The van der Waals surface area contributed by atoms with Crippen LogP contribution in [-0.4, -0.2) is 18.1 Å². The van der Waals surface area contributed by atoms with Crippen molar-refractivity contribution in [3.63, 3.8) is 0 Å². The molecule has 0 spiro atoms. The van der Waals surface area contributed by atoms with Crippen LogP contribution in [0.15, 0.2) is 6.20 Å². The number of halogens is 3. The average molecular weight is 264 g/mol. The van der Waals surface area contributed by atoms with Crippen LogP contribution < -0.4 is 4.90 Å². The van der Waals surface area contributed by atoms with Crippen LogP contribution >= 0.6 is 11.3 Å². The highest BCUT2D eigenvalue weighted by molar-refractivity contribution is 7.15. The lowest BCUT2D eigenvalue weighted by Crippen LogP contribution is -2.23. The summed E-state index contributed by atoms with van der Waals surface area (Å²) < 4.78 is 37.4. The van der Waals surface area contributed by atoms with E-state index in [1.165, 1.54) is 0 Å². The number of alkyl halides is 3. The Hall–Kier alpha value is -0.780. The van der Waals surface area contributed by atoms with Crippen LogP contribution in [0, 0.1) is 5.92 Å². The predicted molar refractivity (Wildman–Crippen MR) is 62.3 cm³/mol. The Morgan fingerprint density at radius 3 is 2.76 bits per heavy atom. The standard InChI is InChI=1S/C11H15F3N2S/c1-8-3-2-5-16(6-4-8)10-15-7-9(17-10)11(12,13)14/h7-8H,2-6H2,1H3. The molecular weight excluding hydrogens is 249 g/mol. The van der Waals surface area contributed by atoms with Crippen LogP contribution in [0.3, 0.4) is 0 Å². The summed E-state index contributed by atoms with van der Waals surface area (Å²) in [5.41, 5.74) is 0. The van der Waals surface area contributed by atoms with Crippen molar-refractivity contribution >= 4 is 16.5 Å². The van der Waals surface area contributed by atoms with E-state index in [0.717, 1.165) is 49.9 Å². The molecule has 96 valence electrons. The summed E-state index contributed by atoms with van der Waals surface area (Å²) in [5.74, 6) is 0.655. The van der Waals surface area contributed by atoms with E-state index in [0.29, 0.717) is 11.0 Å². The fraction of sp³-hybridized carbons (Fsp3) is 0.727. The van der Waals surface area contributed by atoms with E-state index in [9.17, 15) is 13.2 Å². The minimum absolute atomic E-state index is 0.506. The third-order valence-electron chi connectivity index (χ3n) is 3.06. The monoisotopic (exact) mass is 264 g/mol. The molecule has 0 amide bonds. The number of thiazole rings is 1. The van der Waals surface area contributed by atoms with Crippen molar-refractivity contribution in [2.24, 2.45) is 5.92 Å². The first-order valence-corrected chi connectivity index (χ1v) is 6.56. The van der Waals surface area contributed by atoms with Gasteiger partial charge in [-0.05, 0) is 25.2 Å². The van der Waals surface area contributed by atoms with Gasteiger partial charge in [0.1, 0.15) is 4.88 Å². The Kier molecular flexibility index (Phi) is 3.61. The van der Waals surface area contributed by atoms with E-state index in [1.54, 1.807) is 0 Å². The minimum atomic E-state index is -4.27. The Bertz CT molecular complexity index is 375. The molecule has 1 atom stereocenters. The van der Waals surface area contributed by atoms with Crippen LogP contribution in [0.2, 0.25) is 0 Å². The van der Waals surface area contributed by atoms with Gasteiger partial charge in [-0.15, -0.1) is 0 Å². The second-order valence-corrected chi connectivity index (χ2v) is 5.54. The summed E-state index contributed by atoms with van der Waals surface area (Å²) in [4.78, 5) is 5.27. The normalized spacial score (nSPS) is 22.6. The van der Waals surface area contributed by atoms with Gasteiger partial charge >= 0.3 is 6.18 Å². The van der Waals surface area contributed by atoms with Gasteiger partial charge in [0.25, 0.3) is 0 Å². The summed E-state index contributed by atoms with van der Waals surface area (Å²) in [5, 5.41) is 0.506. The molecule has 1 fully saturated rings. The summed E-state index contributed by atoms with van der Waals surface area (Å²) in [7, 11) is 0. The van der Waals surface area contributed by atoms with Gasteiger partial charge in [-0.1, -0.05) is 18.3 Å². The molecule has 0 aromatic carbocycles. The Morgan fingerprint density at radius 1 is 1.35 bits per heavy atom. The van der Waals surface area contributed by atoms with Crippen molar-refractivity contribution in [3.05, 3.63) is 11.1 Å². The van der Waals surface area contributed by atoms with E-state index in [4.69, 9.17) is 0 Å². The maximum atomic E-state index is 12.5. The molecule has 2 rings (SSSR count). The number of aromatic nitrogens is 1. The molecule has 6 heteroatoms. The van der Waals surface area contributed by atoms with E-state index in [-0.39, 0.29) is 0 Å². The van der Waals surface area contributed by atoms with Crippen molar-refractivity contribution in [2.45, 2.75) is 32.4 Å². The number of hydrogen-bond acceptors (Lipinski definition) is 3. The van der Waals surface area contributed by atoms with Crippen molar-refractivity contribution in [2.75, 3.05) is 18.0 Å². The van der Waals surface area contributed by atoms with Crippen LogP contribution in [0.4, 0.5) is 18.3 Å². The van der Waals surface area contributed by atoms with Gasteiger partial charge in [-0.3, -0.25) is 0 Å². The maximum absolute atomic E-state index is 12.5. The molecule has 2 nitrogen and oxygen atoms in total. The first-order chi connectivity index (χ1) is 7.97. The van der Waals surface area contributed by atoms with Crippen LogP contribution in [0.5, 0.6) is 0 Å². The molecule has 1 aliphatic heterocycles. The third-order valence-corrected chi connectivity index (χ3v) is 4.16.